The molecule has 8 heterocycles. The van der Waals surface area contributed by atoms with E-state index in [1.54, 1.807) is 0 Å². The molecule has 0 unspecified atom stereocenters. The molecule has 113 heavy (non-hydrogen) atoms. The Labute approximate surface area is 678 Å². The first-order valence-corrected chi connectivity index (χ1v) is 39.1. The zero-order chi connectivity index (χ0) is 77.5. The fourth-order valence-corrected chi connectivity index (χ4v) is 16.8. The molecule has 582 valence electrons. The number of thiazole rings is 1. The predicted molar refractivity (Wildman–Crippen MR) is 481 cm³/mol. The number of para-hydroxylation sites is 3. The van der Waals surface area contributed by atoms with Gasteiger partial charge in [-0.15, -0.1) is 11.3 Å². The lowest BCUT2D eigenvalue weighted by atomic mass is 9.89. The van der Waals surface area contributed by atoms with Crippen LogP contribution in [-0.2, 0) is 34.6 Å². The summed E-state index contributed by atoms with van der Waals surface area (Å²) in [6.07, 6.45) is 4.97. The largest absolute Gasteiger partial charge is 0.349 e. The smallest absolute Gasteiger partial charge is 0.273 e. The molecule has 8 aromatic heterocycles. The first-order valence-electron chi connectivity index (χ1n) is 38.3. The summed E-state index contributed by atoms with van der Waals surface area (Å²) in [7, 11) is 8.46. The summed E-state index contributed by atoms with van der Waals surface area (Å²) < 4.78 is 16.7. The van der Waals surface area contributed by atoms with Crippen molar-refractivity contribution in [3.63, 3.8) is 0 Å². The van der Waals surface area contributed by atoms with Crippen LogP contribution in [0.4, 0.5) is 0 Å². The van der Waals surface area contributed by atoms with E-state index in [-0.39, 0.29) is 29.7 Å². The van der Waals surface area contributed by atoms with Gasteiger partial charge in [0.1, 0.15) is 45.7 Å². The average molecular weight is 1520 g/mol. The topological polar surface area (TPSA) is 81.9 Å². The molecule has 0 spiro atoms. The Morgan fingerprint density at radius 3 is 1.22 bits per heavy atom. The molecule has 12 heteroatoms. The SMILES string of the molecule is C.C.C.C.CCc1nc2c(ccc(-c3cc(C)cc(C)c3C)[n+]2C)n1-c1ccccc1.Cc1cc(C)c(C)c(-c2c3nc(-c4c(C(C)C)cccc4C(C)C)sc3cc[n+]2C)c1.Cc1cc(C)c(C)c(-c2ccc3c(nc(C)n3-c3ccccc3)[n+]2C)c1.Cc1cc(C)c(C)c(-c2ccc3c(ncn3-c3ccccc3)[n+]2C)c1. The van der Waals surface area contributed by atoms with Crippen LogP contribution in [0.2, 0.25) is 0 Å². The highest BCUT2D eigenvalue weighted by Crippen LogP contribution is 2.42. The molecule has 0 aliphatic carbocycles. The molecular formula is C101H121N11S+4. The Kier molecular flexibility index (Phi) is 27.0. The summed E-state index contributed by atoms with van der Waals surface area (Å²) in [6.45, 7) is 39.5. The standard InChI is InChI=1S/C28H33N2S.C24H26N3.C23H24N3.C22H22N3.4CH4/c1-16(2)21-10-9-11-22(17(3)4)25(21)28-29-26-24(31-28)12-13-30(8)27(26)23-15-18(5)14-19(6)20(23)7;1-6-23-25-24-22(27(23)19-10-8-7-9-11-19)13-12-21(26(24)5)20-15-16(2)14-17(3)18(20)4;1-15-13-16(2)17(3)20(14-15)21-11-12-22-23(25(21)5)24-18(4)26(22)19-9-7-6-8-10-19;1-15-12-16(2)17(3)19(13-15)20-10-11-21-22(24(20)4)23-14-25(21)18-8-6-5-7-9-18;;;;/h9-17H,1-8H3;7-15H,6H2,1-5H3;6-14H,1-5H3;5-14H,1-4H3;4*1H4/q4*+1;;;;. The van der Waals surface area contributed by atoms with Gasteiger partial charge >= 0.3 is 16.9 Å². The molecule has 0 atom stereocenters. The van der Waals surface area contributed by atoms with E-state index < -0.39 is 0 Å². The molecule has 0 radical (unpaired) electrons. The maximum absolute atomic E-state index is 5.30. The number of imidazole rings is 3. The van der Waals surface area contributed by atoms with E-state index in [1.165, 1.54) is 133 Å². The zero-order valence-electron chi connectivity index (χ0n) is 67.9. The second-order valence-electron chi connectivity index (χ2n) is 30.4. The Morgan fingerprint density at radius 2 is 0.779 bits per heavy atom. The predicted octanol–water partition coefficient (Wildman–Crippen LogP) is 24.4. The van der Waals surface area contributed by atoms with Crippen molar-refractivity contribution in [2.75, 3.05) is 0 Å². The lowest BCUT2D eigenvalue weighted by Crippen LogP contribution is -2.32. The molecule has 0 aliphatic rings. The van der Waals surface area contributed by atoms with E-state index in [0.29, 0.717) is 11.8 Å². The Bertz CT molecular complexity index is 6080. The van der Waals surface area contributed by atoms with Crippen molar-refractivity contribution < 1.29 is 18.3 Å². The van der Waals surface area contributed by atoms with Crippen molar-refractivity contribution in [1.29, 1.82) is 0 Å². The fraction of sp³-hybridized carbons (Fsp3) is 0.287. The molecule has 0 saturated heterocycles. The van der Waals surface area contributed by atoms with Crippen LogP contribution >= 0.6 is 11.3 Å². The molecule has 0 amide bonds. The van der Waals surface area contributed by atoms with Crippen LogP contribution < -0.4 is 18.3 Å². The monoisotopic (exact) mass is 1520 g/mol. The third-order valence-electron chi connectivity index (χ3n) is 22.0. The van der Waals surface area contributed by atoms with Gasteiger partial charge in [-0.1, -0.05) is 184 Å². The lowest BCUT2D eigenvalue weighted by Gasteiger charge is -2.17. The normalized spacial score (nSPS) is 11.0. The maximum atomic E-state index is 5.30. The molecule has 0 aliphatic heterocycles. The molecule has 0 saturated carbocycles. The van der Waals surface area contributed by atoms with Crippen LogP contribution in [0, 0.1) is 90.0 Å². The van der Waals surface area contributed by atoms with Crippen LogP contribution in [0.5, 0.6) is 0 Å². The first-order chi connectivity index (χ1) is 52.2. The van der Waals surface area contributed by atoms with E-state index in [2.05, 4.69) is 384 Å². The van der Waals surface area contributed by atoms with Gasteiger partial charge in [0, 0.05) is 58.7 Å². The van der Waals surface area contributed by atoms with Gasteiger partial charge in [-0.25, -0.2) is 18.7 Å². The third kappa shape index (κ3) is 16.8. The number of pyridine rings is 4. The van der Waals surface area contributed by atoms with Crippen molar-refractivity contribution in [2.45, 2.75) is 173 Å². The molecule has 0 fully saturated rings. The van der Waals surface area contributed by atoms with E-state index in [1.807, 2.05) is 29.8 Å². The Hall–Kier alpha value is -11.3. The second-order valence-corrected chi connectivity index (χ2v) is 31.5. The highest BCUT2D eigenvalue weighted by molar-refractivity contribution is 7.21. The third-order valence-corrected chi connectivity index (χ3v) is 23.1. The average Bonchev–Trinajstić information content (AvgIpc) is 1.63. The quantitative estimate of drug-likeness (QED) is 0.121. The molecule has 16 aromatic rings. The van der Waals surface area contributed by atoms with E-state index in [0.717, 1.165) is 79.1 Å². The number of hydrogen-bond acceptors (Lipinski definition) is 5. The van der Waals surface area contributed by atoms with Crippen molar-refractivity contribution >= 4 is 55.0 Å². The number of aryl methyl sites for hydroxylation is 14. The number of fused-ring (bicyclic) bond motifs is 4. The van der Waals surface area contributed by atoms with Crippen LogP contribution in [0.15, 0.2) is 213 Å². The Morgan fingerprint density at radius 1 is 0.389 bits per heavy atom. The van der Waals surface area contributed by atoms with E-state index in [4.69, 9.17) is 15.0 Å². The van der Waals surface area contributed by atoms with Crippen LogP contribution in [-0.4, -0.2) is 33.6 Å². The first kappa shape index (κ1) is 85.7. The van der Waals surface area contributed by atoms with Gasteiger partial charge in [-0.3, -0.25) is 13.7 Å². The second kappa shape index (κ2) is 35.6. The number of aromatic nitrogens is 11. The minimum atomic E-state index is 0. The van der Waals surface area contributed by atoms with Crippen molar-refractivity contribution in [1.82, 2.24) is 33.6 Å². The summed E-state index contributed by atoms with van der Waals surface area (Å²) in [5, 5.41) is 1.14. The number of rotatable bonds is 11. The summed E-state index contributed by atoms with van der Waals surface area (Å²) in [6, 6.07) is 71.5. The van der Waals surface area contributed by atoms with Gasteiger partial charge in [-0.05, 0) is 263 Å². The van der Waals surface area contributed by atoms with Gasteiger partial charge < -0.3 is 0 Å². The summed E-state index contributed by atoms with van der Waals surface area (Å²) in [5.74, 6) is 2.99. The Balaban J connectivity index is 0.000000171. The molecule has 11 nitrogen and oxygen atoms in total. The molecular weight excluding hydrogens is 1400 g/mol. The summed E-state index contributed by atoms with van der Waals surface area (Å²) in [5.41, 5.74) is 40.7. The van der Waals surface area contributed by atoms with Crippen molar-refractivity contribution in [3.05, 3.63) is 302 Å². The van der Waals surface area contributed by atoms with Gasteiger partial charge in [0.15, 0.2) is 11.7 Å². The lowest BCUT2D eigenvalue weighted by molar-refractivity contribution is -0.659. The van der Waals surface area contributed by atoms with Gasteiger partial charge in [0.05, 0.1) is 31.4 Å². The van der Waals surface area contributed by atoms with Crippen molar-refractivity contribution in [2.24, 2.45) is 28.2 Å². The van der Waals surface area contributed by atoms with E-state index >= 15 is 0 Å². The zero-order valence-corrected chi connectivity index (χ0v) is 68.7. The number of nitrogens with zero attached hydrogens (tertiary/aromatic N) is 11. The van der Waals surface area contributed by atoms with Crippen LogP contribution in [0.3, 0.4) is 0 Å². The minimum Gasteiger partial charge on any atom is -0.273 e. The molecule has 0 N–H and O–H groups in total. The number of hydrogen-bond donors (Lipinski definition) is 0. The van der Waals surface area contributed by atoms with Gasteiger partial charge in [-0.2, -0.15) is 4.57 Å². The highest BCUT2D eigenvalue weighted by Gasteiger charge is 2.29. The van der Waals surface area contributed by atoms with Crippen LogP contribution in [0.1, 0.15) is 166 Å². The van der Waals surface area contributed by atoms with Gasteiger partial charge in [0.2, 0.25) is 23.7 Å². The molecule has 16 rings (SSSR count). The highest BCUT2D eigenvalue weighted by atomic mass is 32.1. The summed E-state index contributed by atoms with van der Waals surface area (Å²) in [4.78, 5) is 19.9. The fourth-order valence-electron chi connectivity index (χ4n) is 15.8. The van der Waals surface area contributed by atoms with Gasteiger partial charge in [0.25, 0.3) is 0 Å². The molecule has 8 aromatic carbocycles. The number of benzene rings is 8. The maximum Gasteiger partial charge on any atom is 0.349 e. The van der Waals surface area contributed by atoms with E-state index in [9.17, 15) is 0 Å². The van der Waals surface area contributed by atoms with Crippen LogP contribution in [0.25, 0.3) is 116 Å². The summed E-state index contributed by atoms with van der Waals surface area (Å²) >= 11 is 1.82. The minimum absolute atomic E-state index is 0. The molecule has 0 bridgehead atoms. The van der Waals surface area contributed by atoms with Crippen molar-refractivity contribution in [3.8, 4) is 72.7 Å².